The molecule has 5 heteroatoms. The van der Waals surface area contributed by atoms with Crippen molar-refractivity contribution in [2.45, 2.75) is 19.3 Å². The SMILES string of the molecule is CCc1cccc(C(F)(F)C(=O)OC)c1OC. The molecule has 0 aromatic heterocycles. The summed E-state index contributed by atoms with van der Waals surface area (Å²) in [6, 6.07) is 4.30. The van der Waals surface area contributed by atoms with E-state index in [0.29, 0.717) is 12.0 Å². The molecule has 17 heavy (non-hydrogen) atoms. The van der Waals surface area contributed by atoms with Gasteiger partial charge in [-0.2, -0.15) is 8.78 Å². The van der Waals surface area contributed by atoms with Crippen LogP contribution in [0.4, 0.5) is 8.78 Å². The van der Waals surface area contributed by atoms with Crippen molar-refractivity contribution in [2.24, 2.45) is 0 Å². The molecule has 0 unspecified atom stereocenters. The fraction of sp³-hybridized carbons (Fsp3) is 0.417. The summed E-state index contributed by atoms with van der Waals surface area (Å²) in [5.74, 6) is -5.26. The zero-order chi connectivity index (χ0) is 13.1. The van der Waals surface area contributed by atoms with Crippen molar-refractivity contribution in [3.8, 4) is 5.75 Å². The number of esters is 1. The number of ether oxygens (including phenoxy) is 2. The van der Waals surface area contributed by atoms with Gasteiger partial charge in [0.25, 0.3) is 0 Å². The lowest BCUT2D eigenvalue weighted by atomic mass is 10.0. The number of halogens is 2. The van der Waals surface area contributed by atoms with Crippen LogP contribution in [-0.2, 0) is 21.9 Å². The fourth-order valence-electron chi connectivity index (χ4n) is 1.59. The zero-order valence-corrected chi connectivity index (χ0v) is 9.92. The summed E-state index contributed by atoms with van der Waals surface area (Å²) in [6.07, 6.45) is 0.536. The second kappa shape index (κ2) is 5.12. The lowest BCUT2D eigenvalue weighted by Gasteiger charge is -2.18. The van der Waals surface area contributed by atoms with Gasteiger partial charge in [-0.1, -0.05) is 19.1 Å². The van der Waals surface area contributed by atoms with Crippen LogP contribution in [0.5, 0.6) is 5.75 Å². The van der Waals surface area contributed by atoms with Gasteiger partial charge in [0.1, 0.15) is 5.75 Å². The largest absolute Gasteiger partial charge is 0.496 e. The molecule has 1 aromatic rings. The first-order chi connectivity index (χ1) is 7.98. The molecule has 1 rings (SSSR count). The Labute approximate surface area is 98.3 Å². The van der Waals surface area contributed by atoms with E-state index in [-0.39, 0.29) is 5.75 Å². The number of alkyl halides is 2. The third-order valence-electron chi connectivity index (χ3n) is 2.46. The van der Waals surface area contributed by atoms with Crippen LogP contribution in [0.2, 0.25) is 0 Å². The van der Waals surface area contributed by atoms with Crippen molar-refractivity contribution in [3.63, 3.8) is 0 Å². The second-order valence-electron chi connectivity index (χ2n) is 3.42. The van der Waals surface area contributed by atoms with Crippen molar-refractivity contribution in [3.05, 3.63) is 29.3 Å². The summed E-state index contributed by atoms with van der Waals surface area (Å²) in [7, 11) is 2.22. The summed E-state index contributed by atoms with van der Waals surface area (Å²) >= 11 is 0. The summed E-state index contributed by atoms with van der Waals surface area (Å²) in [6.45, 7) is 1.82. The number of aryl methyl sites for hydroxylation is 1. The van der Waals surface area contributed by atoms with E-state index in [0.717, 1.165) is 13.2 Å². The van der Waals surface area contributed by atoms with E-state index in [2.05, 4.69) is 4.74 Å². The number of hydrogen-bond donors (Lipinski definition) is 0. The van der Waals surface area contributed by atoms with Crippen LogP contribution in [-0.4, -0.2) is 20.2 Å². The topological polar surface area (TPSA) is 35.5 Å². The second-order valence-corrected chi connectivity index (χ2v) is 3.42. The number of carbonyl (C=O) groups excluding carboxylic acids is 1. The molecule has 1 aromatic carbocycles. The molecule has 0 saturated heterocycles. The summed E-state index contributed by atoms with van der Waals surface area (Å²) in [5.41, 5.74) is 0.153. The van der Waals surface area contributed by atoms with Gasteiger partial charge in [-0.05, 0) is 18.1 Å². The van der Waals surface area contributed by atoms with Gasteiger partial charge in [0, 0.05) is 0 Å². The average molecular weight is 244 g/mol. The first kappa shape index (κ1) is 13.4. The van der Waals surface area contributed by atoms with Gasteiger partial charge >= 0.3 is 11.9 Å². The van der Waals surface area contributed by atoms with Crippen LogP contribution in [0.1, 0.15) is 18.1 Å². The number of methoxy groups -OCH3 is 2. The third-order valence-corrected chi connectivity index (χ3v) is 2.46. The Morgan fingerprint density at radius 3 is 2.47 bits per heavy atom. The maximum Gasteiger partial charge on any atom is 0.381 e. The number of carbonyl (C=O) groups is 1. The van der Waals surface area contributed by atoms with E-state index in [9.17, 15) is 13.6 Å². The lowest BCUT2D eigenvalue weighted by Crippen LogP contribution is -2.28. The Kier molecular flexibility index (Phi) is 4.04. The van der Waals surface area contributed by atoms with Gasteiger partial charge in [0.05, 0.1) is 19.8 Å². The third kappa shape index (κ3) is 2.38. The number of para-hydroxylation sites is 1. The molecule has 0 radical (unpaired) electrons. The van der Waals surface area contributed by atoms with Gasteiger partial charge in [-0.3, -0.25) is 0 Å². The molecule has 0 atom stereocenters. The zero-order valence-electron chi connectivity index (χ0n) is 9.92. The molecule has 0 aliphatic carbocycles. The molecule has 0 saturated carbocycles. The first-order valence-electron chi connectivity index (χ1n) is 5.11. The van der Waals surface area contributed by atoms with E-state index in [4.69, 9.17) is 4.74 Å². The highest BCUT2D eigenvalue weighted by Crippen LogP contribution is 2.38. The van der Waals surface area contributed by atoms with Gasteiger partial charge in [-0.25, -0.2) is 4.79 Å². The van der Waals surface area contributed by atoms with Crippen LogP contribution < -0.4 is 4.74 Å². The summed E-state index contributed by atoms with van der Waals surface area (Å²) in [5, 5.41) is 0. The maximum absolute atomic E-state index is 13.8. The standard InChI is InChI=1S/C12H14F2O3/c1-4-8-6-5-7-9(10(8)16-2)12(13,14)11(15)17-3/h5-7H,4H2,1-3H3. The molecule has 0 amide bonds. The molecule has 0 heterocycles. The van der Waals surface area contributed by atoms with E-state index in [1.54, 1.807) is 6.07 Å². The quantitative estimate of drug-likeness (QED) is 0.763. The van der Waals surface area contributed by atoms with Crippen LogP contribution in [0.25, 0.3) is 0 Å². The highest BCUT2D eigenvalue weighted by Gasteiger charge is 2.45. The van der Waals surface area contributed by atoms with Crippen molar-refractivity contribution in [1.82, 2.24) is 0 Å². The lowest BCUT2D eigenvalue weighted by molar-refractivity contribution is -0.170. The molecule has 3 nitrogen and oxygen atoms in total. The molecule has 0 N–H and O–H groups in total. The first-order valence-corrected chi connectivity index (χ1v) is 5.11. The van der Waals surface area contributed by atoms with Gasteiger partial charge in [0.15, 0.2) is 0 Å². The predicted octanol–water partition coefficient (Wildman–Crippen LogP) is 2.52. The van der Waals surface area contributed by atoms with E-state index in [1.807, 2.05) is 6.92 Å². The minimum absolute atomic E-state index is 0.0328. The fourth-order valence-corrected chi connectivity index (χ4v) is 1.59. The molecular weight excluding hydrogens is 230 g/mol. The van der Waals surface area contributed by atoms with Crippen molar-refractivity contribution < 1.29 is 23.0 Å². The molecule has 0 fully saturated rings. The molecule has 0 bridgehead atoms. The van der Waals surface area contributed by atoms with Crippen LogP contribution in [0.15, 0.2) is 18.2 Å². The summed E-state index contributed by atoms with van der Waals surface area (Å²) < 4.78 is 36.6. The number of rotatable bonds is 4. The monoisotopic (exact) mass is 244 g/mol. The molecular formula is C12H14F2O3. The Morgan fingerprint density at radius 2 is 2.00 bits per heavy atom. The predicted molar refractivity (Wildman–Crippen MR) is 58.3 cm³/mol. The van der Waals surface area contributed by atoms with Crippen LogP contribution in [0, 0.1) is 0 Å². The minimum atomic E-state index is -3.70. The molecule has 94 valence electrons. The Hall–Kier alpha value is -1.65. The highest BCUT2D eigenvalue weighted by atomic mass is 19.3. The average Bonchev–Trinajstić information content (AvgIpc) is 2.36. The number of benzene rings is 1. The van der Waals surface area contributed by atoms with Crippen LogP contribution >= 0.6 is 0 Å². The van der Waals surface area contributed by atoms with E-state index in [1.165, 1.54) is 13.2 Å². The molecule has 0 aliphatic rings. The van der Waals surface area contributed by atoms with Gasteiger partial charge < -0.3 is 9.47 Å². The maximum atomic E-state index is 13.8. The smallest absolute Gasteiger partial charge is 0.381 e. The van der Waals surface area contributed by atoms with Crippen molar-refractivity contribution in [2.75, 3.05) is 14.2 Å². The highest BCUT2D eigenvalue weighted by molar-refractivity contribution is 5.80. The minimum Gasteiger partial charge on any atom is -0.496 e. The Balaban J connectivity index is 3.35. The van der Waals surface area contributed by atoms with E-state index >= 15 is 0 Å². The van der Waals surface area contributed by atoms with Crippen molar-refractivity contribution >= 4 is 5.97 Å². The Morgan fingerprint density at radius 1 is 1.35 bits per heavy atom. The molecule has 0 aliphatic heterocycles. The van der Waals surface area contributed by atoms with Gasteiger partial charge in [0.2, 0.25) is 0 Å². The summed E-state index contributed by atoms with van der Waals surface area (Å²) in [4.78, 5) is 11.1. The van der Waals surface area contributed by atoms with E-state index < -0.39 is 17.5 Å². The Bertz CT molecular complexity index is 416. The van der Waals surface area contributed by atoms with Crippen molar-refractivity contribution in [1.29, 1.82) is 0 Å². The number of hydrogen-bond acceptors (Lipinski definition) is 3. The van der Waals surface area contributed by atoms with Crippen LogP contribution in [0.3, 0.4) is 0 Å². The molecule has 0 spiro atoms. The van der Waals surface area contributed by atoms with Gasteiger partial charge in [-0.15, -0.1) is 0 Å². The normalized spacial score (nSPS) is 11.1.